The van der Waals surface area contributed by atoms with Crippen molar-refractivity contribution >= 4 is 6.09 Å². The first kappa shape index (κ1) is 9.31. The van der Waals surface area contributed by atoms with Gasteiger partial charge in [-0.3, -0.25) is 0 Å². The first-order valence-corrected chi connectivity index (χ1v) is 1.18. The second-order valence-electron chi connectivity index (χ2n) is 0.555. The number of hydrogen-bond donors (Lipinski definition) is 2. The number of carbonyl (C=O) groups is 1. The maximum Gasteiger partial charge on any atom is 0.404 e. The molecule has 0 rings (SSSR count). The minimum absolute atomic E-state index is 0. The Morgan fingerprint density at radius 3 is 2.00 bits per heavy atom. The summed E-state index contributed by atoms with van der Waals surface area (Å²) in [5, 5.41) is 9.56. The number of rotatable bonds is 0. The number of nitrogens with one attached hydrogen (secondary N) is 1. The zero-order valence-electron chi connectivity index (χ0n) is 3.19. The molecule has 0 heterocycles. The maximum absolute atomic E-state index is 9.26. The summed E-state index contributed by atoms with van der Waals surface area (Å²) in [4.78, 5) is 9.26. The largest absolute Gasteiger partial charge is 0.465 e. The third-order valence-corrected chi connectivity index (χ3v) is 0.214. The monoisotopic (exact) mass is 178 g/mol. The Hall–Kier alpha value is -0.107. The fraction of sp³-hybridized carbons (Fsp3) is 0.500. The summed E-state index contributed by atoms with van der Waals surface area (Å²) in [5.74, 6) is 0. The summed E-state index contributed by atoms with van der Waals surface area (Å²) in [6, 6.07) is 0. The molecule has 0 unspecified atom stereocenters. The molecule has 1 amide bonds. The Labute approximate surface area is 48.5 Å². The van der Waals surface area contributed by atoms with Crippen LogP contribution in [0.1, 0.15) is 0 Å². The summed E-state index contributed by atoms with van der Waals surface area (Å²) < 4.78 is 0. The Kier molecular flexibility index (Phi) is 7.59. The summed E-state index contributed by atoms with van der Waals surface area (Å²) in [7, 11) is 1.35. The van der Waals surface area contributed by atoms with Crippen LogP contribution >= 0.6 is 0 Å². The van der Waals surface area contributed by atoms with Gasteiger partial charge in [-0.05, 0) is 0 Å². The molecule has 0 spiro atoms. The molecule has 0 aliphatic rings. The second-order valence-corrected chi connectivity index (χ2v) is 0.555. The van der Waals surface area contributed by atoms with E-state index in [0.29, 0.717) is 0 Å². The third kappa shape index (κ3) is 9.09. The molecule has 3 nitrogen and oxygen atoms in total. The van der Waals surface area contributed by atoms with Gasteiger partial charge in [0.05, 0.1) is 0 Å². The molecule has 1 radical (unpaired) electrons. The van der Waals surface area contributed by atoms with Crippen molar-refractivity contribution in [2.45, 2.75) is 0 Å². The number of hydrogen-bond acceptors (Lipinski definition) is 1. The molecule has 0 aliphatic carbocycles. The van der Waals surface area contributed by atoms with Gasteiger partial charge in [-0.1, -0.05) is 0 Å². The van der Waals surface area contributed by atoms with Crippen LogP contribution in [0, 0.1) is 0 Å². The molecule has 0 fully saturated rings. The first-order chi connectivity index (χ1) is 2.27. The van der Waals surface area contributed by atoms with E-state index in [0.717, 1.165) is 0 Å². The molecule has 0 atom stereocenters. The van der Waals surface area contributed by atoms with Gasteiger partial charge in [-0.25, -0.2) is 4.79 Å². The van der Waals surface area contributed by atoms with Crippen LogP contribution in [0.5, 0.6) is 0 Å². The van der Waals surface area contributed by atoms with Crippen molar-refractivity contribution in [2.75, 3.05) is 7.05 Å². The van der Waals surface area contributed by atoms with Crippen molar-refractivity contribution in [2.24, 2.45) is 0 Å². The van der Waals surface area contributed by atoms with Gasteiger partial charge >= 0.3 is 6.09 Å². The van der Waals surface area contributed by atoms with Crippen LogP contribution < -0.4 is 5.32 Å². The van der Waals surface area contributed by atoms with Crippen LogP contribution in [0.15, 0.2) is 0 Å². The SMILES string of the molecule is CNC(=O)O.[Rh]. The molecule has 2 N–H and O–H groups in total. The van der Waals surface area contributed by atoms with E-state index in [2.05, 4.69) is 0 Å². The fourth-order valence-electron chi connectivity index (χ4n) is 0. The predicted molar refractivity (Wildman–Crippen MR) is 17.1 cm³/mol. The Morgan fingerprint density at radius 1 is 1.83 bits per heavy atom. The van der Waals surface area contributed by atoms with Crippen molar-refractivity contribution in [1.82, 2.24) is 5.32 Å². The molecule has 0 aromatic rings. The quantitative estimate of drug-likeness (QED) is 0.508. The van der Waals surface area contributed by atoms with E-state index < -0.39 is 6.09 Å². The van der Waals surface area contributed by atoms with Gasteiger partial charge in [0.15, 0.2) is 0 Å². The molecule has 39 valence electrons. The van der Waals surface area contributed by atoms with Crippen molar-refractivity contribution in [3.8, 4) is 0 Å². The fourth-order valence-corrected chi connectivity index (χ4v) is 0. The smallest absolute Gasteiger partial charge is 0.404 e. The van der Waals surface area contributed by atoms with Gasteiger partial charge in [-0.2, -0.15) is 0 Å². The molecule has 0 aromatic carbocycles. The second kappa shape index (κ2) is 4.89. The van der Waals surface area contributed by atoms with Crippen molar-refractivity contribution < 1.29 is 29.4 Å². The van der Waals surface area contributed by atoms with Crippen LogP contribution in [0.4, 0.5) is 4.79 Å². The van der Waals surface area contributed by atoms with E-state index in [4.69, 9.17) is 5.11 Å². The van der Waals surface area contributed by atoms with Crippen molar-refractivity contribution in [3.05, 3.63) is 0 Å². The average molecular weight is 178 g/mol. The average Bonchev–Trinajstić information content (AvgIpc) is 1.38. The molecular formula is C2H5NO2Rh. The van der Waals surface area contributed by atoms with E-state index in [1.807, 2.05) is 5.32 Å². The third-order valence-electron chi connectivity index (χ3n) is 0.214. The van der Waals surface area contributed by atoms with Gasteiger partial charge in [0.2, 0.25) is 0 Å². The van der Waals surface area contributed by atoms with Crippen LogP contribution in [-0.4, -0.2) is 18.2 Å². The van der Waals surface area contributed by atoms with Gasteiger partial charge in [0.25, 0.3) is 0 Å². The molecule has 0 aromatic heterocycles. The van der Waals surface area contributed by atoms with Crippen molar-refractivity contribution in [3.63, 3.8) is 0 Å². The van der Waals surface area contributed by atoms with Crippen molar-refractivity contribution in [1.29, 1.82) is 0 Å². The summed E-state index contributed by atoms with van der Waals surface area (Å²) in [6.45, 7) is 0. The standard InChI is InChI=1S/C2H5NO2.Rh/c1-3-2(4)5;/h3H,1H3,(H,4,5);. The Morgan fingerprint density at radius 2 is 2.00 bits per heavy atom. The van der Waals surface area contributed by atoms with Gasteiger partial charge in [0, 0.05) is 26.5 Å². The van der Waals surface area contributed by atoms with E-state index in [1.54, 1.807) is 0 Å². The molecular weight excluding hydrogens is 173 g/mol. The molecule has 4 heteroatoms. The van der Waals surface area contributed by atoms with E-state index in [1.165, 1.54) is 7.05 Å². The predicted octanol–water partition coefficient (Wildman–Crippen LogP) is -0.119. The van der Waals surface area contributed by atoms with Crippen LogP contribution in [-0.2, 0) is 19.5 Å². The Balaban J connectivity index is 0. The zero-order valence-corrected chi connectivity index (χ0v) is 4.83. The van der Waals surface area contributed by atoms with Gasteiger partial charge in [0.1, 0.15) is 0 Å². The summed E-state index contributed by atoms with van der Waals surface area (Å²) in [5.41, 5.74) is 0. The number of amides is 1. The Bertz CT molecular complexity index is 46.8. The molecule has 0 saturated heterocycles. The molecule has 0 saturated carbocycles. The zero-order chi connectivity index (χ0) is 4.28. The van der Waals surface area contributed by atoms with Gasteiger partial charge < -0.3 is 10.4 Å². The van der Waals surface area contributed by atoms with E-state index in [9.17, 15) is 4.79 Å². The molecule has 0 aliphatic heterocycles. The normalized spacial score (nSPS) is 5.50. The first-order valence-electron chi connectivity index (χ1n) is 1.18. The minimum atomic E-state index is -0.995. The molecule has 0 bridgehead atoms. The summed E-state index contributed by atoms with van der Waals surface area (Å²) >= 11 is 0. The van der Waals surface area contributed by atoms with Crippen LogP contribution in [0.25, 0.3) is 0 Å². The van der Waals surface area contributed by atoms with E-state index in [-0.39, 0.29) is 19.5 Å². The molecule has 6 heavy (non-hydrogen) atoms. The van der Waals surface area contributed by atoms with Crippen LogP contribution in [0.3, 0.4) is 0 Å². The van der Waals surface area contributed by atoms with Gasteiger partial charge in [-0.15, -0.1) is 0 Å². The van der Waals surface area contributed by atoms with Crippen LogP contribution in [0.2, 0.25) is 0 Å². The minimum Gasteiger partial charge on any atom is -0.465 e. The summed E-state index contributed by atoms with van der Waals surface area (Å²) in [6.07, 6.45) is -0.995. The number of carboxylic acid groups (broad SMARTS) is 1. The topological polar surface area (TPSA) is 49.3 Å². The maximum atomic E-state index is 9.26. The van der Waals surface area contributed by atoms with E-state index >= 15 is 0 Å².